The van der Waals surface area contributed by atoms with Gasteiger partial charge in [0.2, 0.25) is 11.8 Å². The SMILES string of the molecule is CCN1CCN(C(=O)NC(C(=O)NC2C(=O)N3C(C(=O)O)C(C)(COC(=O)C(C)(C)C)C(=O)[C@H]23)c2ccccc2)C(=O)C1=O. The molecule has 3 aliphatic heterocycles. The second-order valence-electron chi connectivity index (χ2n) is 12.2. The van der Waals surface area contributed by atoms with Gasteiger partial charge in [0.15, 0.2) is 5.78 Å². The number of nitrogens with zero attached hydrogens (tertiary/aromatic N) is 3. The Labute approximate surface area is 252 Å². The quantitative estimate of drug-likeness (QED) is 0.194. The maximum atomic E-state index is 13.6. The number of fused-ring (bicyclic) bond motifs is 1. The summed E-state index contributed by atoms with van der Waals surface area (Å²) < 4.78 is 5.29. The molecular weight excluding hydrogens is 578 g/mol. The van der Waals surface area contributed by atoms with Gasteiger partial charge in [0.05, 0.1) is 10.8 Å². The number of hydrogen-bond donors (Lipinski definition) is 3. The molecule has 5 atom stereocenters. The molecule has 1 aromatic rings. The summed E-state index contributed by atoms with van der Waals surface area (Å²) in [6.45, 7) is 7.44. The molecule has 0 aromatic heterocycles. The Hall–Kier alpha value is -4.82. The van der Waals surface area contributed by atoms with Gasteiger partial charge in [-0.2, -0.15) is 0 Å². The molecule has 236 valence electrons. The number of rotatable bonds is 8. The minimum atomic E-state index is -1.80. The lowest BCUT2D eigenvalue weighted by Crippen LogP contribution is -2.72. The Morgan fingerprint density at radius 1 is 1.05 bits per heavy atom. The number of piperazine rings is 1. The number of carbonyl (C=O) groups excluding carboxylic acids is 7. The molecule has 3 aliphatic rings. The smallest absolute Gasteiger partial charge is 0.327 e. The molecule has 0 radical (unpaired) electrons. The van der Waals surface area contributed by atoms with Crippen molar-refractivity contribution in [3.05, 3.63) is 35.9 Å². The number of ketones is 1. The Balaban J connectivity index is 1.55. The van der Waals surface area contributed by atoms with Crippen LogP contribution >= 0.6 is 0 Å². The first-order valence-electron chi connectivity index (χ1n) is 14.1. The van der Waals surface area contributed by atoms with Crippen molar-refractivity contribution < 1.29 is 48.2 Å². The first-order chi connectivity index (χ1) is 20.5. The number of carboxylic acids is 1. The Kier molecular flexibility index (Phi) is 8.53. The van der Waals surface area contributed by atoms with Gasteiger partial charge in [-0.05, 0) is 40.2 Å². The molecule has 44 heavy (non-hydrogen) atoms. The van der Waals surface area contributed by atoms with Crippen molar-refractivity contribution >= 4 is 47.4 Å². The monoisotopic (exact) mass is 613 g/mol. The molecule has 3 heterocycles. The maximum absolute atomic E-state index is 13.6. The minimum absolute atomic E-state index is 0.102. The summed E-state index contributed by atoms with van der Waals surface area (Å²) >= 11 is 0. The van der Waals surface area contributed by atoms with Crippen molar-refractivity contribution in [1.82, 2.24) is 25.3 Å². The zero-order valence-electron chi connectivity index (χ0n) is 25.0. The number of nitrogens with one attached hydrogen (secondary N) is 2. The van der Waals surface area contributed by atoms with Crippen molar-refractivity contribution in [1.29, 1.82) is 0 Å². The van der Waals surface area contributed by atoms with E-state index in [1.54, 1.807) is 45.9 Å². The Morgan fingerprint density at radius 3 is 2.25 bits per heavy atom. The molecule has 3 N–H and O–H groups in total. The van der Waals surface area contributed by atoms with Gasteiger partial charge in [-0.25, -0.2) is 9.59 Å². The van der Waals surface area contributed by atoms with Crippen LogP contribution in [0.15, 0.2) is 30.3 Å². The number of ether oxygens (including phenoxy) is 1. The van der Waals surface area contributed by atoms with E-state index in [1.165, 1.54) is 24.0 Å². The number of esters is 1. The number of carboxylic acid groups (broad SMARTS) is 1. The molecule has 15 heteroatoms. The summed E-state index contributed by atoms with van der Waals surface area (Å²) in [5.74, 6) is -6.54. The molecule has 15 nitrogen and oxygen atoms in total. The largest absolute Gasteiger partial charge is 0.480 e. The van der Waals surface area contributed by atoms with Crippen LogP contribution in [-0.4, -0.2) is 112 Å². The zero-order valence-corrected chi connectivity index (χ0v) is 25.0. The van der Waals surface area contributed by atoms with E-state index < -0.39 is 89.0 Å². The second kappa shape index (κ2) is 11.7. The number of amides is 6. The predicted molar refractivity (Wildman–Crippen MR) is 149 cm³/mol. The van der Waals surface area contributed by atoms with Crippen molar-refractivity contribution in [3.63, 3.8) is 0 Å². The molecule has 6 amide bonds. The van der Waals surface area contributed by atoms with Gasteiger partial charge >= 0.3 is 29.8 Å². The fourth-order valence-corrected chi connectivity index (χ4v) is 5.52. The number of β-lactam (4-membered cyclic amide) rings is 1. The van der Waals surface area contributed by atoms with Crippen LogP contribution in [-0.2, 0) is 38.3 Å². The van der Waals surface area contributed by atoms with Gasteiger partial charge in [0.1, 0.15) is 30.8 Å². The van der Waals surface area contributed by atoms with Crippen molar-refractivity contribution in [2.45, 2.75) is 58.8 Å². The third kappa shape index (κ3) is 5.49. The molecule has 4 rings (SSSR count). The van der Waals surface area contributed by atoms with Crippen molar-refractivity contribution in [3.8, 4) is 0 Å². The van der Waals surface area contributed by atoms with Crippen LogP contribution in [0.2, 0.25) is 0 Å². The number of likely N-dealkylation sites (N-methyl/N-ethyl adjacent to an activating group) is 1. The summed E-state index contributed by atoms with van der Waals surface area (Å²) in [7, 11) is 0. The highest BCUT2D eigenvalue weighted by Crippen LogP contribution is 2.45. The highest BCUT2D eigenvalue weighted by atomic mass is 16.5. The number of benzene rings is 1. The van der Waals surface area contributed by atoms with E-state index in [-0.39, 0.29) is 25.2 Å². The molecule has 0 bridgehead atoms. The van der Waals surface area contributed by atoms with Crippen LogP contribution in [0.25, 0.3) is 0 Å². The summed E-state index contributed by atoms with van der Waals surface area (Å²) in [5, 5.41) is 14.8. The third-order valence-corrected chi connectivity index (χ3v) is 8.09. The molecule has 3 saturated heterocycles. The normalized spacial score (nSPS) is 25.7. The number of Topliss-reactive ketones (excluding diaryl/α,β-unsaturated/α-hetero) is 1. The van der Waals surface area contributed by atoms with E-state index in [0.29, 0.717) is 4.90 Å². The lowest BCUT2D eigenvalue weighted by molar-refractivity contribution is -0.166. The van der Waals surface area contributed by atoms with Crippen LogP contribution in [0, 0.1) is 10.8 Å². The first kappa shape index (κ1) is 32.1. The van der Waals surface area contributed by atoms with E-state index in [1.807, 2.05) is 0 Å². The second-order valence-corrected chi connectivity index (χ2v) is 12.2. The zero-order chi connectivity index (χ0) is 32.7. The Bertz CT molecular complexity index is 1420. The van der Waals surface area contributed by atoms with Crippen LogP contribution in [0.1, 0.15) is 46.2 Å². The number of urea groups is 1. The summed E-state index contributed by atoms with van der Waals surface area (Å²) in [6, 6.07) is 0.940. The van der Waals surface area contributed by atoms with Crippen LogP contribution in [0.5, 0.6) is 0 Å². The predicted octanol–water partition coefficient (Wildman–Crippen LogP) is -0.545. The molecule has 0 spiro atoms. The number of hydrogen-bond acceptors (Lipinski definition) is 9. The fraction of sp³-hybridized carbons (Fsp3) is 0.517. The molecule has 1 aromatic carbocycles. The van der Waals surface area contributed by atoms with Gasteiger partial charge < -0.3 is 30.3 Å². The van der Waals surface area contributed by atoms with Crippen LogP contribution in [0.3, 0.4) is 0 Å². The van der Waals surface area contributed by atoms with E-state index >= 15 is 0 Å². The average Bonchev–Trinajstić information content (AvgIpc) is 3.18. The van der Waals surface area contributed by atoms with E-state index in [9.17, 15) is 43.5 Å². The summed E-state index contributed by atoms with van der Waals surface area (Å²) in [5.41, 5.74) is -2.46. The maximum Gasteiger partial charge on any atom is 0.327 e. The minimum Gasteiger partial charge on any atom is -0.480 e. The van der Waals surface area contributed by atoms with Gasteiger partial charge in [-0.1, -0.05) is 30.3 Å². The topological polar surface area (TPSA) is 200 Å². The van der Waals surface area contributed by atoms with Crippen molar-refractivity contribution in [2.75, 3.05) is 26.2 Å². The number of imide groups is 1. The van der Waals surface area contributed by atoms with E-state index in [4.69, 9.17) is 4.74 Å². The van der Waals surface area contributed by atoms with Crippen molar-refractivity contribution in [2.24, 2.45) is 10.8 Å². The van der Waals surface area contributed by atoms with Crippen LogP contribution in [0.4, 0.5) is 4.79 Å². The highest BCUT2D eigenvalue weighted by Gasteiger charge is 2.70. The number of carbonyl (C=O) groups is 8. The molecule has 0 aliphatic carbocycles. The Morgan fingerprint density at radius 2 is 1.68 bits per heavy atom. The van der Waals surface area contributed by atoms with E-state index in [0.717, 1.165) is 4.90 Å². The van der Waals surface area contributed by atoms with Gasteiger partial charge in [0, 0.05) is 19.6 Å². The molecule has 3 fully saturated rings. The molecular formula is C29H35N5O10. The lowest BCUT2D eigenvalue weighted by Gasteiger charge is -2.43. The third-order valence-electron chi connectivity index (χ3n) is 8.09. The highest BCUT2D eigenvalue weighted by molar-refractivity contribution is 6.38. The van der Waals surface area contributed by atoms with Crippen LogP contribution < -0.4 is 10.6 Å². The first-order valence-corrected chi connectivity index (χ1v) is 14.1. The average molecular weight is 614 g/mol. The molecule has 4 unspecified atom stereocenters. The van der Waals surface area contributed by atoms with Gasteiger partial charge in [0.25, 0.3) is 0 Å². The fourth-order valence-electron chi connectivity index (χ4n) is 5.52. The van der Waals surface area contributed by atoms with Gasteiger partial charge in [-0.15, -0.1) is 0 Å². The number of aliphatic carboxylic acids is 1. The lowest BCUT2D eigenvalue weighted by atomic mass is 9.80. The molecule has 0 saturated carbocycles. The summed E-state index contributed by atoms with van der Waals surface area (Å²) in [4.78, 5) is 106. The van der Waals surface area contributed by atoms with Gasteiger partial charge in [-0.3, -0.25) is 33.7 Å². The van der Waals surface area contributed by atoms with E-state index in [2.05, 4.69) is 10.6 Å². The standard InChI is InChI=1S/C29H35N5O10/c1-6-32-12-13-33(24(39)23(32)38)27(43)31-16(15-10-8-7-9-11-15)21(36)30-17-18-20(35)29(5,14-44-26(42)28(2,3)4)19(25(40)41)34(18)22(17)37/h7-11,16-19H,6,12-14H2,1-5H3,(H,30,36)(H,31,43)(H,40,41)/t16?,17?,18-,19?,29?/m0/s1. The summed E-state index contributed by atoms with van der Waals surface area (Å²) in [6.07, 6.45) is 0.